The molecule has 5 heteroatoms. The smallest absolute Gasteiger partial charge is 0.254 e. The number of hydrogen-bond acceptors (Lipinski definition) is 4. The van der Waals surface area contributed by atoms with Crippen molar-refractivity contribution in [3.8, 4) is 0 Å². The molecule has 0 aliphatic carbocycles. The summed E-state index contributed by atoms with van der Waals surface area (Å²) in [5.74, 6) is 0.333. The lowest BCUT2D eigenvalue weighted by atomic mass is 10.0. The Hall–Kier alpha value is -1.62. The predicted octanol–water partition coefficient (Wildman–Crippen LogP) is 2.37. The van der Waals surface area contributed by atoms with Gasteiger partial charge in [0.25, 0.3) is 5.91 Å². The maximum atomic E-state index is 12.4. The maximum Gasteiger partial charge on any atom is 0.254 e. The molecule has 1 saturated heterocycles. The van der Waals surface area contributed by atoms with E-state index in [2.05, 4.69) is 29.5 Å². The molecule has 2 atom stereocenters. The van der Waals surface area contributed by atoms with Crippen LogP contribution in [0.5, 0.6) is 0 Å². The zero-order chi connectivity index (χ0) is 15.2. The first-order valence-corrected chi connectivity index (χ1v) is 7.72. The molecular weight excluding hydrogens is 266 g/mol. The van der Waals surface area contributed by atoms with Crippen LogP contribution in [0.4, 0.5) is 5.69 Å². The average molecular weight is 291 g/mol. The molecule has 1 amide bonds. The number of rotatable bonds is 6. The van der Waals surface area contributed by atoms with Crippen LogP contribution in [0.1, 0.15) is 42.7 Å². The third kappa shape index (κ3) is 4.17. The number of pyridine rings is 1. The van der Waals surface area contributed by atoms with Crippen LogP contribution in [0.15, 0.2) is 12.3 Å². The highest BCUT2D eigenvalue weighted by molar-refractivity contribution is 5.99. The van der Waals surface area contributed by atoms with E-state index in [-0.39, 0.29) is 12.0 Å². The van der Waals surface area contributed by atoms with E-state index in [1.807, 2.05) is 13.0 Å². The van der Waals surface area contributed by atoms with Gasteiger partial charge >= 0.3 is 0 Å². The van der Waals surface area contributed by atoms with Gasteiger partial charge in [0.15, 0.2) is 0 Å². The van der Waals surface area contributed by atoms with Crippen LogP contribution in [-0.2, 0) is 4.74 Å². The number of nitrogens with one attached hydrogen (secondary N) is 2. The Morgan fingerprint density at radius 3 is 3.00 bits per heavy atom. The van der Waals surface area contributed by atoms with Crippen molar-refractivity contribution in [3.05, 3.63) is 23.5 Å². The maximum absolute atomic E-state index is 12.4. The first kappa shape index (κ1) is 15.8. The van der Waals surface area contributed by atoms with Gasteiger partial charge in [-0.05, 0) is 32.8 Å². The van der Waals surface area contributed by atoms with Crippen LogP contribution in [0.2, 0.25) is 0 Å². The Balaban J connectivity index is 2.00. The van der Waals surface area contributed by atoms with Crippen molar-refractivity contribution in [2.24, 2.45) is 5.92 Å². The van der Waals surface area contributed by atoms with Gasteiger partial charge in [-0.1, -0.05) is 6.92 Å². The molecule has 0 bridgehead atoms. The monoisotopic (exact) mass is 291 g/mol. The topological polar surface area (TPSA) is 63.2 Å². The Kier molecular flexibility index (Phi) is 5.56. The minimum Gasteiger partial charge on any atom is -0.384 e. The molecule has 21 heavy (non-hydrogen) atoms. The van der Waals surface area contributed by atoms with Gasteiger partial charge in [0.2, 0.25) is 0 Å². The van der Waals surface area contributed by atoms with Gasteiger partial charge in [-0.2, -0.15) is 0 Å². The number of aryl methyl sites for hydroxylation is 1. The molecule has 1 aliphatic heterocycles. The number of carbonyl (C=O) groups is 1. The van der Waals surface area contributed by atoms with E-state index in [0.29, 0.717) is 18.0 Å². The lowest BCUT2D eigenvalue weighted by Gasteiger charge is -2.16. The van der Waals surface area contributed by atoms with Crippen molar-refractivity contribution < 1.29 is 9.53 Å². The van der Waals surface area contributed by atoms with Gasteiger partial charge in [-0.15, -0.1) is 0 Å². The van der Waals surface area contributed by atoms with Crippen molar-refractivity contribution in [1.82, 2.24) is 10.3 Å². The molecule has 1 fully saturated rings. The highest BCUT2D eigenvalue weighted by atomic mass is 16.5. The van der Waals surface area contributed by atoms with Gasteiger partial charge < -0.3 is 15.4 Å². The van der Waals surface area contributed by atoms with E-state index in [1.165, 1.54) is 0 Å². The lowest BCUT2D eigenvalue weighted by molar-refractivity contribution is 0.0908. The molecule has 5 nitrogen and oxygen atoms in total. The summed E-state index contributed by atoms with van der Waals surface area (Å²) >= 11 is 0. The number of aromatic nitrogens is 1. The van der Waals surface area contributed by atoms with Crippen LogP contribution in [0.25, 0.3) is 0 Å². The minimum atomic E-state index is -0.0693. The molecular formula is C16H25N3O2. The van der Waals surface area contributed by atoms with Gasteiger partial charge in [0.05, 0.1) is 17.4 Å². The molecule has 2 N–H and O–H groups in total. The van der Waals surface area contributed by atoms with E-state index in [9.17, 15) is 4.79 Å². The molecule has 116 valence electrons. The normalized spacial score (nSPS) is 21.3. The number of anilines is 1. The summed E-state index contributed by atoms with van der Waals surface area (Å²) in [5, 5.41) is 6.30. The quantitative estimate of drug-likeness (QED) is 0.844. The molecule has 2 unspecified atom stereocenters. The second-order valence-corrected chi connectivity index (χ2v) is 5.63. The molecule has 0 spiro atoms. The van der Waals surface area contributed by atoms with Crippen LogP contribution >= 0.6 is 0 Å². The molecule has 1 aliphatic rings. The van der Waals surface area contributed by atoms with Gasteiger partial charge in [0.1, 0.15) is 0 Å². The van der Waals surface area contributed by atoms with E-state index in [0.717, 1.165) is 37.4 Å². The second kappa shape index (κ2) is 7.41. The summed E-state index contributed by atoms with van der Waals surface area (Å²) in [4.78, 5) is 16.6. The van der Waals surface area contributed by atoms with Crippen LogP contribution < -0.4 is 10.6 Å². The number of carbonyl (C=O) groups excluding carboxylic acids is 1. The van der Waals surface area contributed by atoms with Gasteiger partial charge in [-0.3, -0.25) is 9.78 Å². The van der Waals surface area contributed by atoms with E-state index in [1.54, 1.807) is 6.20 Å². The number of hydrogen-bond donors (Lipinski definition) is 2. The highest BCUT2D eigenvalue weighted by Gasteiger charge is 2.25. The van der Waals surface area contributed by atoms with Crippen LogP contribution in [-0.4, -0.2) is 36.7 Å². The molecule has 0 aromatic carbocycles. The molecule has 0 radical (unpaired) electrons. The van der Waals surface area contributed by atoms with E-state index in [4.69, 9.17) is 4.74 Å². The van der Waals surface area contributed by atoms with E-state index >= 15 is 0 Å². The predicted molar refractivity (Wildman–Crippen MR) is 83.6 cm³/mol. The fraction of sp³-hybridized carbons (Fsp3) is 0.625. The largest absolute Gasteiger partial charge is 0.384 e. The van der Waals surface area contributed by atoms with Crippen LogP contribution in [0, 0.1) is 12.8 Å². The molecule has 1 aromatic heterocycles. The molecule has 2 heterocycles. The molecule has 2 rings (SSSR count). The molecule has 1 aromatic rings. The van der Waals surface area contributed by atoms with Crippen molar-refractivity contribution in [2.45, 2.75) is 39.7 Å². The molecule has 0 saturated carbocycles. The van der Waals surface area contributed by atoms with Crippen molar-refractivity contribution in [3.63, 3.8) is 0 Å². The summed E-state index contributed by atoms with van der Waals surface area (Å²) in [6, 6.07) is 1.92. The fourth-order valence-electron chi connectivity index (χ4n) is 2.51. The second-order valence-electron chi connectivity index (χ2n) is 5.63. The SMILES string of the molecule is CCCNc1cc(C)ncc1C(=O)NCC1CCOC1C. The van der Waals surface area contributed by atoms with Gasteiger partial charge in [0, 0.05) is 37.5 Å². The summed E-state index contributed by atoms with van der Waals surface area (Å²) in [6.07, 6.45) is 3.89. The van der Waals surface area contributed by atoms with Crippen molar-refractivity contribution >= 4 is 11.6 Å². The zero-order valence-electron chi connectivity index (χ0n) is 13.1. The summed E-state index contributed by atoms with van der Waals surface area (Å²) in [7, 11) is 0. The standard InChI is InChI=1S/C16H25N3O2/c1-4-6-17-15-8-11(2)18-10-14(15)16(20)19-9-13-5-7-21-12(13)3/h8,10,12-13H,4-7,9H2,1-3H3,(H,17,18)(H,19,20). The van der Waals surface area contributed by atoms with E-state index < -0.39 is 0 Å². The fourth-order valence-corrected chi connectivity index (χ4v) is 2.51. The zero-order valence-corrected chi connectivity index (χ0v) is 13.1. The first-order chi connectivity index (χ1) is 10.1. The summed E-state index contributed by atoms with van der Waals surface area (Å²) < 4.78 is 5.52. The highest BCUT2D eigenvalue weighted by Crippen LogP contribution is 2.20. The average Bonchev–Trinajstić information content (AvgIpc) is 2.88. The minimum absolute atomic E-state index is 0.0693. The number of amides is 1. The number of nitrogens with zero attached hydrogens (tertiary/aromatic N) is 1. The first-order valence-electron chi connectivity index (χ1n) is 7.72. The third-order valence-electron chi connectivity index (χ3n) is 3.91. The Morgan fingerprint density at radius 1 is 1.52 bits per heavy atom. The van der Waals surface area contributed by atoms with Crippen molar-refractivity contribution in [2.75, 3.05) is 25.0 Å². The Labute approximate surface area is 126 Å². The Morgan fingerprint density at radius 2 is 2.33 bits per heavy atom. The van der Waals surface area contributed by atoms with Gasteiger partial charge in [-0.25, -0.2) is 0 Å². The lowest BCUT2D eigenvalue weighted by Crippen LogP contribution is -2.32. The number of ether oxygens (including phenoxy) is 1. The van der Waals surface area contributed by atoms with Crippen molar-refractivity contribution in [1.29, 1.82) is 0 Å². The summed E-state index contributed by atoms with van der Waals surface area (Å²) in [5.41, 5.74) is 2.38. The Bertz CT molecular complexity index is 490. The summed E-state index contributed by atoms with van der Waals surface area (Å²) in [6.45, 7) is 8.37. The van der Waals surface area contributed by atoms with Crippen LogP contribution in [0.3, 0.4) is 0 Å². The third-order valence-corrected chi connectivity index (χ3v) is 3.91.